The molecule has 16 heavy (non-hydrogen) atoms. The number of rotatable bonds is 2. The number of hydrogen-bond donors (Lipinski definition) is 0. The van der Waals surface area contributed by atoms with Gasteiger partial charge in [-0.05, 0) is 36.8 Å². The van der Waals surface area contributed by atoms with Gasteiger partial charge < -0.3 is 0 Å². The van der Waals surface area contributed by atoms with Crippen LogP contribution in [0.2, 0.25) is 0 Å². The van der Waals surface area contributed by atoms with Gasteiger partial charge in [-0.3, -0.25) is 0 Å². The second kappa shape index (κ2) is 4.87. The molecule has 0 aliphatic carbocycles. The molecule has 2 aromatic carbocycles. The summed E-state index contributed by atoms with van der Waals surface area (Å²) < 4.78 is 0. The third-order valence-electron chi connectivity index (χ3n) is 2.23. The molecule has 2 aromatic rings. The lowest BCUT2D eigenvalue weighted by Crippen LogP contribution is -1.82. The SMILES string of the molecule is Cc1ccc(C#N)c(Sc2ccccc2)c1. The molecule has 0 heterocycles. The van der Waals surface area contributed by atoms with Gasteiger partial charge >= 0.3 is 0 Å². The quantitative estimate of drug-likeness (QED) is 0.770. The Balaban J connectivity index is 2.35. The maximum absolute atomic E-state index is 9.02. The molecule has 0 aliphatic rings. The van der Waals surface area contributed by atoms with Crippen molar-refractivity contribution in [2.24, 2.45) is 0 Å². The number of hydrogen-bond acceptors (Lipinski definition) is 2. The topological polar surface area (TPSA) is 23.8 Å². The Labute approximate surface area is 99.7 Å². The zero-order chi connectivity index (χ0) is 11.4. The van der Waals surface area contributed by atoms with E-state index < -0.39 is 0 Å². The summed E-state index contributed by atoms with van der Waals surface area (Å²) in [5.41, 5.74) is 1.91. The van der Waals surface area contributed by atoms with Gasteiger partial charge in [-0.15, -0.1) is 0 Å². The van der Waals surface area contributed by atoms with Crippen LogP contribution in [0, 0.1) is 18.3 Å². The normalized spacial score (nSPS) is 9.75. The fourth-order valence-corrected chi connectivity index (χ4v) is 2.44. The minimum atomic E-state index is 0.736. The molecule has 0 atom stereocenters. The Kier molecular flexibility index (Phi) is 3.28. The van der Waals surface area contributed by atoms with Gasteiger partial charge in [-0.1, -0.05) is 36.0 Å². The molecule has 1 nitrogen and oxygen atoms in total. The molecular formula is C14H11NS. The van der Waals surface area contributed by atoms with E-state index in [1.807, 2.05) is 49.4 Å². The van der Waals surface area contributed by atoms with Crippen LogP contribution < -0.4 is 0 Å². The number of nitriles is 1. The largest absolute Gasteiger partial charge is 0.192 e. The van der Waals surface area contributed by atoms with Crippen LogP contribution in [0.1, 0.15) is 11.1 Å². The van der Waals surface area contributed by atoms with E-state index in [2.05, 4.69) is 12.1 Å². The lowest BCUT2D eigenvalue weighted by molar-refractivity contribution is 1.30. The molecule has 0 amide bonds. The second-order valence-electron chi connectivity index (χ2n) is 3.53. The van der Waals surface area contributed by atoms with Gasteiger partial charge in [0.25, 0.3) is 0 Å². The first-order chi connectivity index (χ1) is 7.79. The fraction of sp³-hybridized carbons (Fsp3) is 0.0714. The summed E-state index contributed by atoms with van der Waals surface area (Å²) in [7, 11) is 0. The van der Waals surface area contributed by atoms with Crippen LogP contribution in [0.3, 0.4) is 0 Å². The summed E-state index contributed by atoms with van der Waals surface area (Å²) in [6.07, 6.45) is 0. The van der Waals surface area contributed by atoms with Crippen molar-refractivity contribution < 1.29 is 0 Å². The Hall–Kier alpha value is -1.72. The highest BCUT2D eigenvalue weighted by molar-refractivity contribution is 7.99. The van der Waals surface area contributed by atoms with Crippen LogP contribution in [0.25, 0.3) is 0 Å². The summed E-state index contributed by atoms with van der Waals surface area (Å²) >= 11 is 1.63. The molecule has 0 unspecified atom stereocenters. The summed E-state index contributed by atoms with van der Waals surface area (Å²) in [5, 5.41) is 9.02. The average molecular weight is 225 g/mol. The first kappa shape index (κ1) is 10.8. The van der Waals surface area contributed by atoms with E-state index in [-0.39, 0.29) is 0 Å². The monoisotopic (exact) mass is 225 g/mol. The van der Waals surface area contributed by atoms with Crippen LogP contribution in [0.15, 0.2) is 58.3 Å². The van der Waals surface area contributed by atoms with Gasteiger partial charge in [0.1, 0.15) is 6.07 Å². The van der Waals surface area contributed by atoms with Crippen molar-refractivity contribution in [3.05, 3.63) is 59.7 Å². The van der Waals surface area contributed by atoms with Crippen molar-refractivity contribution in [2.75, 3.05) is 0 Å². The lowest BCUT2D eigenvalue weighted by Gasteiger charge is -2.04. The maximum atomic E-state index is 9.02. The lowest BCUT2D eigenvalue weighted by atomic mass is 10.2. The Morgan fingerprint density at radius 2 is 1.81 bits per heavy atom. The third-order valence-corrected chi connectivity index (χ3v) is 3.29. The number of nitrogens with zero attached hydrogens (tertiary/aromatic N) is 1. The van der Waals surface area contributed by atoms with Crippen LogP contribution in [0.5, 0.6) is 0 Å². The summed E-state index contributed by atoms with van der Waals surface area (Å²) in [5.74, 6) is 0. The van der Waals surface area contributed by atoms with E-state index in [4.69, 9.17) is 5.26 Å². The van der Waals surface area contributed by atoms with Crippen molar-refractivity contribution in [3.8, 4) is 6.07 Å². The smallest absolute Gasteiger partial charge is 0.100 e. The molecule has 2 rings (SSSR count). The molecule has 0 N–H and O–H groups in total. The van der Waals surface area contributed by atoms with E-state index >= 15 is 0 Å². The first-order valence-corrected chi connectivity index (χ1v) is 5.85. The minimum absolute atomic E-state index is 0.736. The van der Waals surface area contributed by atoms with E-state index in [9.17, 15) is 0 Å². The van der Waals surface area contributed by atoms with Gasteiger partial charge in [0.2, 0.25) is 0 Å². The van der Waals surface area contributed by atoms with Crippen molar-refractivity contribution in [1.82, 2.24) is 0 Å². The second-order valence-corrected chi connectivity index (χ2v) is 4.64. The molecule has 0 fully saturated rings. The molecule has 0 bridgehead atoms. The zero-order valence-corrected chi connectivity index (χ0v) is 9.79. The number of aryl methyl sites for hydroxylation is 1. The van der Waals surface area contributed by atoms with Crippen molar-refractivity contribution in [3.63, 3.8) is 0 Å². The molecule has 0 aromatic heterocycles. The predicted molar refractivity (Wildman–Crippen MR) is 66.5 cm³/mol. The van der Waals surface area contributed by atoms with Crippen molar-refractivity contribution >= 4 is 11.8 Å². The molecule has 0 aliphatic heterocycles. The summed E-state index contributed by atoms with van der Waals surface area (Å²) in [6.45, 7) is 2.04. The highest BCUT2D eigenvalue weighted by Crippen LogP contribution is 2.30. The van der Waals surface area contributed by atoms with E-state index in [1.165, 1.54) is 5.56 Å². The summed E-state index contributed by atoms with van der Waals surface area (Å²) in [4.78, 5) is 2.18. The molecule has 78 valence electrons. The Bertz CT molecular complexity index is 526. The van der Waals surface area contributed by atoms with Gasteiger partial charge in [-0.2, -0.15) is 5.26 Å². The Morgan fingerprint density at radius 1 is 1.06 bits per heavy atom. The molecule has 0 spiro atoms. The maximum Gasteiger partial charge on any atom is 0.100 e. The minimum Gasteiger partial charge on any atom is -0.192 e. The van der Waals surface area contributed by atoms with Crippen LogP contribution in [0.4, 0.5) is 0 Å². The van der Waals surface area contributed by atoms with Crippen LogP contribution in [-0.2, 0) is 0 Å². The zero-order valence-electron chi connectivity index (χ0n) is 8.97. The van der Waals surface area contributed by atoms with Gasteiger partial charge in [0, 0.05) is 9.79 Å². The molecular weight excluding hydrogens is 214 g/mol. The van der Waals surface area contributed by atoms with Crippen molar-refractivity contribution in [1.29, 1.82) is 5.26 Å². The van der Waals surface area contributed by atoms with Crippen molar-refractivity contribution in [2.45, 2.75) is 16.7 Å². The third kappa shape index (κ3) is 2.44. The molecule has 0 radical (unpaired) electrons. The van der Waals surface area contributed by atoms with Crippen LogP contribution >= 0.6 is 11.8 Å². The van der Waals surface area contributed by atoms with Gasteiger partial charge in [0.05, 0.1) is 5.56 Å². The van der Waals surface area contributed by atoms with E-state index in [0.717, 1.165) is 15.4 Å². The molecule has 0 saturated carbocycles. The highest BCUT2D eigenvalue weighted by Gasteiger charge is 2.03. The molecule has 0 saturated heterocycles. The van der Waals surface area contributed by atoms with E-state index in [0.29, 0.717) is 0 Å². The number of benzene rings is 2. The average Bonchev–Trinajstić information content (AvgIpc) is 2.31. The predicted octanol–water partition coefficient (Wildman–Crippen LogP) is 4.02. The first-order valence-electron chi connectivity index (χ1n) is 5.03. The molecule has 2 heteroatoms. The Morgan fingerprint density at radius 3 is 2.50 bits per heavy atom. The fourth-order valence-electron chi connectivity index (χ4n) is 1.42. The standard InChI is InChI=1S/C14H11NS/c1-11-7-8-12(10-15)14(9-11)16-13-5-3-2-4-6-13/h2-9H,1H3. The van der Waals surface area contributed by atoms with Crippen LogP contribution in [-0.4, -0.2) is 0 Å². The van der Waals surface area contributed by atoms with Gasteiger partial charge in [0.15, 0.2) is 0 Å². The van der Waals surface area contributed by atoms with Gasteiger partial charge in [-0.25, -0.2) is 0 Å². The van der Waals surface area contributed by atoms with E-state index in [1.54, 1.807) is 11.8 Å². The summed E-state index contributed by atoms with van der Waals surface area (Å²) in [6, 6.07) is 18.2. The highest BCUT2D eigenvalue weighted by atomic mass is 32.2.